The molecule has 0 aliphatic rings. The van der Waals surface area contributed by atoms with E-state index in [1.165, 1.54) is 0 Å². The minimum Gasteiger partial charge on any atom is -0.303 e. The molecule has 0 spiro atoms. The summed E-state index contributed by atoms with van der Waals surface area (Å²) >= 11 is 0. The zero-order valence-electron chi connectivity index (χ0n) is 8.98. The Morgan fingerprint density at radius 1 is 1.18 bits per heavy atom. The summed E-state index contributed by atoms with van der Waals surface area (Å²) in [5.74, 6) is 1.52. The molecule has 0 bridgehead atoms. The number of imidazole rings is 1. The molecule has 0 saturated carbocycles. The van der Waals surface area contributed by atoms with Crippen LogP contribution in [0.2, 0.25) is 0 Å². The topological polar surface area (TPSA) is 72.3 Å². The van der Waals surface area contributed by atoms with E-state index in [2.05, 4.69) is 25.6 Å². The van der Waals surface area contributed by atoms with Crippen molar-refractivity contribution in [2.75, 3.05) is 0 Å². The van der Waals surface area contributed by atoms with Crippen molar-refractivity contribution in [2.45, 2.75) is 6.42 Å². The second-order valence-corrected chi connectivity index (χ2v) is 3.55. The molecule has 6 nitrogen and oxygen atoms in total. The first kappa shape index (κ1) is 9.71. The largest absolute Gasteiger partial charge is 0.303 e. The molecule has 2 heterocycles. The third-order valence-electron chi connectivity index (χ3n) is 2.46. The fourth-order valence-corrected chi connectivity index (χ4v) is 1.69. The molecule has 0 fully saturated rings. The molecule has 0 amide bonds. The Balaban J connectivity index is 1.95. The van der Waals surface area contributed by atoms with Gasteiger partial charge in [0.2, 0.25) is 0 Å². The van der Waals surface area contributed by atoms with Crippen LogP contribution in [0, 0.1) is 0 Å². The summed E-state index contributed by atoms with van der Waals surface area (Å²) in [6.07, 6.45) is 4.24. The summed E-state index contributed by atoms with van der Waals surface area (Å²) in [7, 11) is 0. The molecule has 6 heteroatoms. The van der Waals surface area contributed by atoms with Crippen molar-refractivity contribution in [1.82, 2.24) is 30.2 Å². The molecule has 0 saturated heterocycles. The molecule has 0 atom stereocenters. The molecule has 0 radical (unpaired) electrons. The van der Waals surface area contributed by atoms with Gasteiger partial charge in [0, 0.05) is 18.1 Å². The molecule has 2 aromatic heterocycles. The highest BCUT2D eigenvalue weighted by Gasteiger charge is 2.08. The fraction of sp³-hybridized carbons (Fsp3) is 0.0909. The van der Waals surface area contributed by atoms with E-state index in [1.807, 2.05) is 41.1 Å². The maximum absolute atomic E-state index is 4.31. The SMILES string of the molecule is c1ccc(-n2ccnc2Cc2nn[nH]n2)cc1. The Hall–Kier alpha value is -2.50. The summed E-state index contributed by atoms with van der Waals surface area (Å²) in [4.78, 5) is 4.31. The summed E-state index contributed by atoms with van der Waals surface area (Å²) in [5, 5.41) is 13.8. The van der Waals surface area contributed by atoms with Crippen molar-refractivity contribution in [3.05, 3.63) is 54.4 Å². The van der Waals surface area contributed by atoms with E-state index in [-0.39, 0.29) is 0 Å². The Labute approximate surface area is 97.3 Å². The number of hydrogen-bond acceptors (Lipinski definition) is 4. The Bertz CT molecular complexity index is 583. The van der Waals surface area contributed by atoms with Gasteiger partial charge in [-0.25, -0.2) is 4.98 Å². The van der Waals surface area contributed by atoms with E-state index >= 15 is 0 Å². The average Bonchev–Trinajstić information content (AvgIpc) is 3.02. The number of benzene rings is 1. The van der Waals surface area contributed by atoms with Gasteiger partial charge in [-0.2, -0.15) is 5.21 Å². The number of nitrogens with zero attached hydrogens (tertiary/aromatic N) is 5. The van der Waals surface area contributed by atoms with Crippen LogP contribution in [0.3, 0.4) is 0 Å². The maximum atomic E-state index is 4.31. The summed E-state index contributed by atoms with van der Waals surface area (Å²) in [6, 6.07) is 10.0. The van der Waals surface area contributed by atoms with Gasteiger partial charge in [0.05, 0.1) is 6.42 Å². The van der Waals surface area contributed by atoms with Crippen LogP contribution < -0.4 is 0 Å². The van der Waals surface area contributed by atoms with Gasteiger partial charge in [-0.3, -0.25) is 0 Å². The molecule has 1 aromatic carbocycles. The van der Waals surface area contributed by atoms with Crippen LogP contribution in [-0.2, 0) is 6.42 Å². The zero-order chi connectivity index (χ0) is 11.5. The summed E-state index contributed by atoms with van der Waals surface area (Å²) in [6.45, 7) is 0. The first-order valence-corrected chi connectivity index (χ1v) is 5.23. The highest BCUT2D eigenvalue weighted by atomic mass is 15.5. The van der Waals surface area contributed by atoms with Crippen molar-refractivity contribution in [1.29, 1.82) is 0 Å². The van der Waals surface area contributed by atoms with Gasteiger partial charge in [0.25, 0.3) is 0 Å². The van der Waals surface area contributed by atoms with Gasteiger partial charge in [-0.15, -0.1) is 10.2 Å². The lowest BCUT2D eigenvalue weighted by Gasteiger charge is -2.05. The van der Waals surface area contributed by atoms with Crippen molar-refractivity contribution < 1.29 is 0 Å². The van der Waals surface area contributed by atoms with Crippen LogP contribution in [0.5, 0.6) is 0 Å². The number of hydrogen-bond donors (Lipinski definition) is 1. The van der Waals surface area contributed by atoms with E-state index in [9.17, 15) is 0 Å². The molecule has 0 unspecified atom stereocenters. The maximum Gasteiger partial charge on any atom is 0.182 e. The van der Waals surface area contributed by atoms with Gasteiger partial charge in [-0.05, 0) is 12.1 Å². The normalized spacial score (nSPS) is 10.6. The lowest BCUT2D eigenvalue weighted by atomic mass is 10.3. The van der Waals surface area contributed by atoms with Gasteiger partial charge < -0.3 is 4.57 Å². The van der Waals surface area contributed by atoms with Crippen molar-refractivity contribution in [3.8, 4) is 5.69 Å². The van der Waals surface area contributed by atoms with E-state index in [0.29, 0.717) is 12.2 Å². The van der Waals surface area contributed by atoms with Crippen molar-refractivity contribution in [2.24, 2.45) is 0 Å². The van der Waals surface area contributed by atoms with Crippen molar-refractivity contribution >= 4 is 0 Å². The number of H-pyrrole nitrogens is 1. The van der Waals surface area contributed by atoms with Crippen LogP contribution in [0.15, 0.2) is 42.7 Å². The molecule has 3 aromatic rings. The van der Waals surface area contributed by atoms with Crippen LogP contribution in [0.25, 0.3) is 5.69 Å². The van der Waals surface area contributed by atoms with Crippen LogP contribution >= 0.6 is 0 Å². The molecular formula is C11H10N6. The molecule has 17 heavy (non-hydrogen) atoms. The van der Waals surface area contributed by atoms with Crippen LogP contribution in [-0.4, -0.2) is 30.2 Å². The Kier molecular flexibility index (Phi) is 2.38. The first-order chi connectivity index (χ1) is 8.43. The molecule has 0 aliphatic carbocycles. The lowest BCUT2D eigenvalue weighted by Crippen LogP contribution is -2.02. The Morgan fingerprint density at radius 2 is 2.06 bits per heavy atom. The standard InChI is InChI=1S/C11H10N6/c1-2-4-9(5-3-1)17-7-6-12-11(17)8-10-13-15-16-14-10/h1-7H,8H2,(H,13,14,15,16). The van der Waals surface area contributed by atoms with Gasteiger partial charge in [-0.1, -0.05) is 23.4 Å². The van der Waals surface area contributed by atoms with E-state index in [0.717, 1.165) is 11.5 Å². The molecule has 0 aliphatic heterocycles. The van der Waals surface area contributed by atoms with Gasteiger partial charge in [0.1, 0.15) is 5.82 Å². The first-order valence-electron chi connectivity index (χ1n) is 5.23. The minimum atomic E-state index is 0.554. The Morgan fingerprint density at radius 3 is 2.82 bits per heavy atom. The van der Waals surface area contributed by atoms with E-state index in [1.54, 1.807) is 6.20 Å². The number of nitrogens with one attached hydrogen (secondary N) is 1. The number of rotatable bonds is 3. The molecule has 1 N–H and O–H groups in total. The third kappa shape index (κ3) is 1.92. The predicted molar refractivity (Wildman–Crippen MR) is 60.5 cm³/mol. The number of aromatic nitrogens is 6. The van der Waals surface area contributed by atoms with Gasteiger partial charge in [0.15, 0.2) is 5.82 Å². The smallest absolute Gasteiger partial charge is 0.182 e. The zero-order valence-corrected chi connectivity index (χ0v) is 8.98. The monoisotopic (exact) mass is 226 g/mol. The van der Waals surface area contributed by atoms with Gasteiger partial charge >= 0.3 is 0 Å². The second kappa shape index (κ2) is 4.17. The average molecular weight is 226 g/mol. The quantitative estimate of drug-likeness (QED) is 0.722. The molecular weight excluding hydrogens is 216 g/mol. The van der Waals surface area contributed by atoms with E-state index < -0.39 is 0 Å². The summed E-state index contributed by atoms with van der Waals surface area (Å²) in [5.41, 5.74) is 1.07. The van der Waals surface area contributed by atoms with Crippen molar-refractivity contribution in [3.63, 3.8) is 0 Å². The highest BCUT2D eigenvalue weighted by Crippen LogP contribution is 2.11. The van der Waals surface area contributed by atoms with Crippen LogP contribution in [0.4, 0.5) is 0 Å². The summed E-state index contributed by atoms with van der Waals surface area (Å²) < 4.78 is 2.01. The number of aromatic amines is 1. The number of tetrazole rings is 1. The second-order valence-electron chi connectivity index (χ2n) is 3.55. The highest BCUT2D eigenvalue weighted by molar-refractivity contribution is 5.33. The lowest BCUT2D eigenvalue weighted by molar-refractivity contribution is 0.862. The van der Waals surface area contributed by atoms with Crippen LogP contribution in [0.1, 0.15) is 11.6 Å². The third-order valence-corrected chi connectivity index (χ3v) is 2.46. The van der Waals surface area contributed by atoms with E-state index in [4.69, 9.17) is 0 Å². The molecule has 3 rings (SSSR count). The molecule has 84 valence electrons. The number of para-hydroxylation sites is 1. The predicted octanol–water partition coefficient (Wildman–Crippen LogP) is 0.976. The fourth-order valence-electron chi connectivity index (χ4n) is 1.69. The minimum absolute atomic E-state index is 0.554.